The number of rotatable bonds is 2. The fourth-order valence-electron chi connectivity index (χ4n) is 3.54. The highest BCUT2D eigenvalue weighted by Gasteiger charge is 2.34. The van der Waals surface area contributed by atoms with Crippen molar-refractivity contribution in [2.75, 3.05) is 55.3 Å². The van der Waals surface area contributed by atoms with E-state index in [0.29, 0.717) is 25.2 Å². The Hall–Kier alpha value is -2.69. The van der Waals surface area contributed by atoms with Crippen LogP contribution in [-0.2, 0) is 19.1 Å². The van der Waals surface area contributed by atoms with Crippen molar-refractivity contribution in [1.29, 1.82) is 0 Å². The van der Waals surface area contributed by atoms with Gasteiger partial charge in [0.2, 0.25) is 11.9 Å². The first-order valence-corrected chi connectivity index (χ1v) is 9.05. The van der Waals surface area contributed by atoms with Crippen LogP contribution in [0.25, 0.3) is 0 Å². The number of fused-ring (bicyclic) bond motifs is 1. The minimum absolute atomic E-state index is 0.0406. The quantitative estimate of drug-likeness (QED) is 0.813. The number of alkyl halides is 3. The van der Waals surface area contributed by atoms with E-state index >= 15 is 0 Å². The number of likely N-dealkylation sites (N-methyl/N-ethyl adjacent to an activating group) is 1. The van der Waals surface area contributed by atoms with Crippen LogP contribution in [0.4, 0.5) is 30.9 Å². The van der Waals surface area contributed by atoms with E-state index in [1.807, 2.05) is 0 Å². The molecule has 1 fully saturated rings. The second-order valence-electron chi connectivity index (χ2n) is 7.03. The van der Waals surface area contributed by atoms with Crippen LogP contribution in [0.1, 0.15) is 17.0 Å². The Morgan fingerprint density at radius 3 is 2.46 bits per heavy atom. The third kappa shape index (κ3) is 3.66. The van der Waals surface area contributed by atoms with Gasteiger partial charge in [-0.3, -0.25) is 0 Å². The maximum atomic E-state index is 13.0. The van der Waals surface area contributed by atoms with Gasteiger partial charge in [-0.1, -0.05) is 0 Å². The van der Waals surface area contributed by atoms with Crippen LogP contribution in [0, 0.1) is 0 Å². The van der Waals surface area contributed by atoms with E-state index in [1.165, 1.54) is 0 Å². The lowest BCUT2D eigenvalue weighted by atomic mass is 10.0. The summed E-state index contributed by atoms with van der Waals surface area (Å²) in [4.78, 5) is 22.6. The number of halogens is 3. The van der Waals surface area contributed by atoms with Crippen molar-refractivity contribution in [2.24, 2.45) is 0 Å². The number of nitrogens with two attached hydrogens (primary N) is 1. The molecule has 2 aromatic rings. The maximum Gasteiger partial charge on any atom is 0.433 e. The molecule has 4 rings (SSSR count). The van der Waals surface area contributed by atoms with Crippen LogP contribution in [0.15, 0.2) is 12.3 Å². The highest BCUT2D eigenvalue weighted by Crippen LogP contribution is 2.31. The first kappa shape index (κ1) is 18.7. The van der Waals surface area contributed by atoms with E-state index in [9.17, 15) is 13.2 Å². The fraction of sp³-hybridized carbons (Fsp3) is 0.529. The van der Waals surface area contributed by atoms with Crippen LogP contribution in [-0.4, -0.2) is 64.6 Å². The predicted octanol–water partition coefficient (Wildman–Crippen LogP) is 1.18. The second-order valence-corrected chi connectivity index (χ2v) is 7.03. The van der Waals surface area contributed by atoms with Gasteiger partial charge in [-0.15, -0.1) is 0 Å². The summed E-state index contributed by atoms with van der Waals surface area (Å²) >= 11 is 0. The Labute approximate surface area is 160 Å². The summed E-state index contributed by atoms with van der Waals surface area (Å²) in [6.45, 7) is 4.35. The number of piperazine rings is 1. The van der Waals surface area contributed by atoms with Crippen molar-refractivity contribution in [3.8, 4) is 0 Å². The number of nitrogen functional groups attached to an aromatic ring is 1. The van der Waals surface area contributed by atoms with Crippen LogP contribution < -0.4 is 15.5 Å². The molecule has 0 radical (unpaired) electrons. The van der Waals surface area contributed by atoms with Crippen molar-refractivity contribution < 1.29 is 13.2 Å². The maximum absolute atomic E-state index is 13.0. The van der Waals surface area contributed by atoms with Gasteiger partial charge in [-0.2, -0.15) is 18.2 Å². The first-order valence-electron chi connectivity index (χ1n) is 9.05. The lowest BCUT2D eigenvalue weighted by molar-refractivity contribution is -0.141. The normalized spacial score (nSPS) is 18.3. The number of nitrogens with zero attached hydrogens (tertiary/aromatic N) is 7. The minimum atomic E-state index is -4.51. The molecule has 1 saturated heterocycles. The molecular formula is C17H21F3N8. The molecule has 11 heteroatoms. The third-order valence-corrected chi connectivity index (χ3v) is 5.08. The summed E-state index contributed by atoms with van der Waals surface area (Å²) in [6, 6.07) is 0.868. The van der Waals surface area contributed by atoms with Crippen LogP contribution in [0.3, 0.4) is 0 Å². The molecule has 8 nitrogen and oxygen atoms in total. The lowest BCUT2D eigenvalue weighted by Gasteiger charge is -2.36. The number of hydrogen-bond acceptors (Lipinski definition) is 8. The van der Waals surface area contributed by atoms with Crippen molar-refractivity contribution in [1.82, 2.24) is 24.8 Å². The lowest BCUT2D eigenvalue weighted by Crippen LogP contribution is -2.46. The van der Waals surface area contributed by atoms with Gasteiger partial charge >= 0.3 is 6.18 Å². The Morgan fingerprint density at radius 2 is 1.75 bits per heavy atom. The standard InChI is InChI=1S/C17H21F3N8/c1-26-6-8-27(9-7-26)14-11-3-5-28(10-12(11)23-15(21)25-14)16-22-4-2-13(24-16)17(18,19)20/h2,4H,3,5-10H2,1H3,(H2,21,23,25). The molecule has 0 bridgehead atoms. The summed E-state index contributed by atoms with van der Waals surface area (Å²) in [5.41, 5.74) is 6.69. The SMILES string of the molecule is CN1CCN(c2nc(N)nc3c2CCN(c2nccc(C(F)(F)F)n2)C3)CC1. The number of hydrogen-bond donors (Lipinski definition) is 1. The molecule has 2 N–H and O–H groups in total. The largest absolute Gasteiger partial charge is 0.433 e. The van der Waals surface area contributed by atoms with Gasteiger partial charge in [0.1, 0.15) is 11.5 Å². The molecule has 0 atom stereocenters. The smallest absolute Gasteiger partial charge is 0.368 e. The van der Waals surface area contributed by atoms with Crippen LogP contribution in [0.5, 0.6) is 0 Å². The van der Waals surface area contributed by atoms with E-state index in [4.69, 9.17) is 5.73 Å². The summed E-state index contributed by atoms with van der Waals surface area (Å²) < 4.78 is 38.9. The first-order chi connectivity index (χ1) is 13.3. The topological polar surface area (TPSA) is 87.3 Å². The molecule has 0 unspecified atom stereocenters. The van der Waals surface area contributed by atoms with Gasteiger partial charge in [-0.25, -0.2) is 15.0 Å². The average molecular weight is 394 g/mol. The predicted molar refractivity (Wildman–Crippen MR) is 97.9 cm³/mol. The van der Waals surface area contributed by atoms with Crippen LogP contribution >= 0.6 is 0 Å². The molecule has 0 saturated carbocycles. The molecule has 2 aliphatic rings. The Morgan fingerprint density at radius 1 is 1.00 bits per heavy atom. The molecular weight excluding hydrogens is 373 g/mol. The van der Waals surface area contributed by atoms with Crippen molar-refractivity contribution in [3.05, 3.63) is 29.2 Å². The number of aromatic nitrogens is 4. The molecule has 0 spiro atoms. The Balaban J connectivity index is 1.61. The highest BCUT2D eigenvalue weighted by molar-refractivity contribution is 5.55. The minimum Gasteiger partial charge on any atom is -0.368 e. The van der Waals surface area contributed by atoms with Gasteiger partial charge in [0.05, 0.1) is 12.2 Å². The molecule has 2 aromatic heterocycles. The zero-order chi connectivity index (χ0) is 19.9. The van der Waals surface area contributed by atoms with Gasteiger partial charge < -0.3 is 20.4 Å². The highest BCUT2D eigenvalue weighted by atomic mass is 19.4. The molecule has 0 aromatic carbocycles. The average Bonchev–Trinajstić information content (AvgIpc) is 2.67. The fourth-order valence-corrected chi connectivity index (χ4v) is 3.54. The van der Waals surface area contributed by atoms with E-state index in [-0.39, 0.29) is 11.9 Å². The van der Waals surface area contributed by atoms with Crippen LogP contribution in [0.2, 0.25) is 0 Å². The Bertz CT molecular complexity index is 864. The summed E-state index contributed by atoms with van der Waals surface area (Å²) in [6.07, 6.45) is -2.78. The van der Waals surface area contributed by atoms with Crippen molar-refractivity contribution in [3.63, 3.8) is 0 Å². The van der Waals surface area contributed by atoms with Crippen molar-refractivity contribution in [2.45, 2.75) is 19.1 Å². The summed E-state index contributed by atoms with van der Waals surface area (Å²) in [7, 11) is 2.08. The number of anilines is 3. The van der Waals surface area contributed by atoms with Crippen molar-refractivity contribution >= 4 is 17.7 Å². The third-order valence-electron chi connectivity index (χ3n) is 5.08. The monoisotopic (exact) mass is 394 g/mol. The van der Waals surface area contributed by atoms with E-state index in [0.717, 1.165) is 49.8 Å². The molecule has 150 valence electrons. The molecule has 4 heterocycles. The van der Waals surface area contributed by atoms with E-state index in [1.54, 1.807) is 4.90 Å². The van der Waals surface area contributed by atoms with Gasteiger partial charge in [0.15, 0.2) is 0 Å². The summed E-state index contributed by atoms with van der Waals surface area (Å²) in [5, 5.41) is 0. The second kappa shape index (κ2) is 7.04. The molecule has 2 aliphatic heterocycles. The molecule has 28 heavy (non-hydrogen) atoms. The molecule has 0 aliphatic carbocycles. The molecule has 0 amide bonds. The van der Waals surface area contributed by atoms with E-state index < -0.39 is 11.9 Å². The van der Waals surface area contributed by atoms with Gasteiger partial charge in [-0.05, 0) is 19.5 Å². The zero-order valence-corrected chi connectivity index (χ0v) is 15.4. The summed E-state index contributed by atoms with van der Waals surface area (Å²) in [5.74, 6) is 1.04. The van der Waals surface area contributed by atoms with E-state index in [2.05, 4.69) is 36.8 Å². The Kier molecular flexibility index (Phi) is 4.69. The zero-order valence-electron chi connectivity index (χ0n) is 15.4. The van der Waals surface area contributed by atoms with Gasteiger partial charge in [0, 0.05) is 44.5 Å². The van der Waals surface area contributed by atoms with Gasteiger partial charge in [0.25, 0.3) is 0 Å².